The average molecular weight is 405 g/mol. The smallest absolute Gasteiger partial charge is 0.0154 e. The maximum atomic E-state index is 4.22. The summed E-state index contributed by atoms with van der Waals surface area (Å²) in [5, 5.41) is 0. The van der Waals surface area contributed by atoms with Crippen molar-refractivity contribution in [1.29, 1.82) is 0 Å². The van der Waals surface area contributed by atoms with Gasteiger partial charge in [0.1, 0.15) is 0 Å². The van der Waals surface area contributed by atoms with Crippen LogP contribution in [0.3, 0.4) is 0 Å². The van der Waals surface area contributed by atoms with Crippen LogP contribution in [0.1, 0.15) is 73.3 Å². The molecule has 2 rings (SSSR count). The molecule has 0 amide bonds. The van der Waals surface area contributed by atoms with E-state index in [2.05, 4.69) is 70.0 Å². The number of rotatable bonds is 6. The number of benzene rings is 1. The summed E-state index contributed by atoms with van der Waals surface area (Å²) in [4.78, 5) is 0. The van der Waals surface area contributed by atoms with Crippen LogP contribution in [0.15, 0.2) is 109 Å². The molecule has 1 aromatic rings. The molecule has 0 heteroatoms. The van der Waals surface area contributed by atoms with Crippen molar-refractivity contribution in [2.45, 2.75) is 67.7 Å². The lowest BCUT2D eigenvalue weighted by Gasteiger charge is -2.12. The van der Waals surface area contributed by atoms with Gasteiger partial charge in [-0.3, -0.25) is 0 Å². The molecule has 0 saturated heterocycles. The lowest BCUT2D eigenvalue weighted by Crippen LogP contribution is -1.92. The van der Waals surface area contributed by atoms with Gasteiger partial charge in [-0.2, -0.15) is 0 Å². The van der Waals surface area contributed by atoms with Crippen molar-refractivity contribution in [3.05, 3.63) is 114 Å². The number of hydrogen-bond donors (Lipinski definition) is 0. The first-order valence-electron chi connectivity index (χ1n) is 11.4. The molecule has 1 aliphatic carbocycles. The standard InChI is InChI=1S/C23H24.C3H8.2C2H6/c1-5-23(22-14-10-7-11-15-22)20(4)18(2)16-17-19(3)21-12-8-6-9-13-21;1-3-2;2*1-2/h5-8,10-12,14-17H,2-4,9,13H2,1H3;3H2,1-2H3;2*1-2H3/b17-16-,23-5+;;;. The molecule has 0 heterocycles. The Morgan fingerprint density at radius 1 is 0.933 bits per heavy atom. The first-order valence-corrected chi connectivity index (χ1v) is 11.4. The second kappa shape index (κ2) is 19.7. The minimum Gasteiger partial charge on any atom is -0.0915 e. The van der Waals surface area contributed by atoms with Crippen molar-refractivity contribution in [3.63, 3.8) is 0 Å². The minimum absolute atomic E-state index is 0.912. The van der Waals surface area contributed by atoms with E-state index in [4.69, 9.17) is 0 Å². The Morgan fingerprint density at radius 3 is 1.97 bits per heavy atom. The van der Waals surface area contributed by atoms with E-state index < -0.39 is 0 Å². The van der Waals surface area contributed by atoms with E-state index in [9.17, 15) is 0 Å². The molecule has 0 bridgehead atoms. The first kappa shape index (κ1) is 29.6. The highest BCUT2D eigenvalue weighted by Crippen LogP contribution is 2.28. The maximum absolute atomic E-state index is 4.22. The van der Waals surface area contributed by atoms with Crippen LogP contribution in [0.4, 0.5) is 0 Å². The Labute approximate surface area is 187 Å². The predicted molar refractivity (Wildman–Crippen MR) is 142 cm³/mol. The summed E-state index contributed by atoms with van der Waals surface area (Å²) in [6.45, 7) is 26.8. The zero-order chi connectivity index (χ0) is 23.4. The summed E-state index contributed by atoms with van der Waals surface area (Å²) in [5.74, 6) is 0. The van der Waals surface area contributed by atoms with Crippen LogP contribution in [0, 0.1) is 0 Å². The van der Waals surface area contributed by atoms with Crippen LogP contribution >= 0.6 is 0 Å². The highest BCUT2D eigenvalue weighted by Gasteiger charge is 2.07. The summed E-state index contributed by atoms with van der Waals surface area (Å²) in [6, 6.07) is 10.3. The Morgan fingerprint density at radius 2 is 1.50 bits per heavy atom. The van der Waals surface area contributed by atoms with Gasteiger partial charge in [-0.25, -0.2) is 0 Å². The molecule has 1 aromatic carbocycles. The first-order chi connectivity index (χ1) is 14.5. The van der Waals surface area contributed by atoms with Crippen molar-refractivity contribution < 1.29 is 0 Å². The van der Waals surface area contributed by atoms with Gasteiger partial charge in [-0.05, 0) is 53.2 Å². The fourth-order valence-electron chi connectivity index (χ4n) is 2.58. The predicted octanol–water partition coefficient (Wildman–Crippen LogP) is 10.1. The van der Waals surface area contributed by atoms with Gasteiger partial charge in [-0.1, -0.05) is 134 Å². The molecule has 30 heavy (non-hydrogen) atoms. The number of allylic oxidation sites excluding steroid dienone is 11. The topological polar surface area (TPSA) is 0 Å². The third kappa shape index (κ3) is 11.4. The molecule has 0 nitrogen and oxygen atoms in total. The lowest BCUT2D eigenvalue weighted by atomic mass is 9.92. The second-order valence-corrected chi connectivity index (χ2v) is 6.30. The van der Waals surface area contributed by atoms with Gasteiger partial charge in [0.15, 0.2) is 0 Å². The monoisotopic (exact) mass is 404 g/mol. The van der Waals surface area contributed by atoms with E-state index in [1.807, 2.05) is 65.0 Å². The van der Waals surface area contributed by atoms with E-state index >= 15 is 0 Å². The second-order valence-electron chi connectivity index (χ2n) is 6.30. The van der Waals surface area contributed by atoms with Crippen LogP contribution in [0.25, 0.3) is 5.57 Å². The molecule has 0 aliphatic heterocycles. The van der Waals surface area contributed by atoms with Crippen molar-refractivity contribution in [2.75, 3.05) is 0 Å². The van der Waals surface area contributed by atoms with Crippen molar-refractivity contribution >= 4 is 5.57 Å². The summed E-state index contributed by atoms with van der Waals surface area (Å²) in [7, 11) is 0. The van der Waals surface area contributed by atoms with E-state index in [-0.39, 0.29) is 0 Å². The molecule has 0 aromatic heterocycles. The molecule has 0 atom stereocenters. The Bertz CT molecular complexity index is 734. The van der Waals surface area contributed by atoms with Crippen LogP contribution in [0.5, 0.6) is 0 Å². The van der Waals surface area contributed by atoms with Gasteiger partial charge in [0, 0.05) is 0 Å². The zero-order valence-electron chi connectivity index (χ0n) is 20.6. The van der Waals surface area contributed by atoms with E-state index in [0.717, 1.165) is 40.7 Å². The maximum Gasteiger partial charge on any atom is -0.0154 e. The molecule has 0 fully saturated rings. The largest absolute Gasteiger partial charge is 0.0915 e. The summed E-state index contributed by atoms with van der Waals surface area (Å²) < 4.78 is 0. The van der Waals surface area contributed by atoms with Crippen LogP contribution in [-0.2, 0) is 0 Å². The number of hydrogen-bond acceptors (Lipinski definition) is 0. The van der Waals surface area contributed by atoms with Gasteiger partial charge in [-0.15, -0.1) is 0 Å². The summed E-state index contributed by atoms with van der Waals surface area (Å²) >= 11 is 0. The molecular weight excluding hydrogens is 360 g/mol. The summed E-state index contributed by atoms with van der Waals surface area (Å²) in [5.41, 5.74) is 6.47. The fourth-order valence-corrected chi connectivity index (χ4v) is 2.58. The van der Waals surface area contributed by atoms with Crippen LogP contribution in [-0.4, -0.2) is 0 Å². The fraction of sp³-hybridized carbons (Fsp3) is 0.333. The van der Waals surface area contributed by atoms with Crippen LogP contribution in [0.2, 0.25) is 0 Å². The van der Waals surface area contributed by atoms with E-state index in [0.29, 0.717) is 0 Å². The van der Waals surface area contributed by atoms with Crippen molar-refractivity contribution in [1.82, 2.24) is 0 Å². The van der Waals surface area contributed by atoms with Gasteiger partial charge in [0.25, 0.3) is 0 Å². The molecule has 0 unspecified atom stereocenters. The van der Waals surface area contributed by atoms with Gasteiger partial charge >= 0.3 is 0 Å². The third-order valence-corrected chi connectivity index (χ3v) is 4.00. The summed E-state index contributed by atoms with van der Waals surface area (Å²) in [6.07, 6.45) is 15.9. The van der Waals surface area contributed by atoms with Gasteiger partial charge in [0.05, 0.1) is 0 Å². The Hall–Kier alpha value is -2.60. The highest BCUT2D eigenvalue weighted by molar-refractivity contribution is 5.83. The zero-order valence-corrected chi connectivity index (χ0v) is 20.6. The molecule has 0 radical (unpaired) electrons. The molecule has 1 aliphatic rings. The quantitative estimate of drug-likeness (QED) is 0.414. The third-order valence-electron chi connectivity index (χ3n) is 4.00. The van der Waals surface area contributed by atoms with Crippen molar-refractivity contribution in [3.8, 4) is 0 Å². The molecule has 164 valence electrons. The minimum atomic E-state index is 0.912. The Kier molecular flexibility index (Phi) is 19.4. The SMILES string of the molecule is C=C(/C=C\C(=C)C1=CC=CCC1)C(=C)/C(=C\C)c1ccccc1.CC.CC.CCC. The van der Waals surface area contributed by atoms with E-state index in [1.165, 1.54) is 12.0 Å². The molecule has 0 spiro atoms. The average Bonchev–Trinajstić information content (AvgIpc) is 2.82. The lowest BCUT2D eigenvalue weighted by molar-refractivity contribution is 0.979. The van der Waals surface area contributed by atoms with Gasteiger partial charge < -0.3 is 0 Å². The van der Waals surface area contributed by atoms with Crippen LogP contribution < -0.4 is 0 Å². The molecule has 0 N–H and O–H groups in total. The van der Waals surface area contributed by atoms with Gasteiger partial charge in [0.2, 0.25) is 0 Å². The Balaban J connectivity index is 0. The normalized spacial score (nSPS) is 12.2. The molecule has 0 saturated carbocycles. The van der Waals surface area contributed by atoms with E-state index in [1.54, 1.807) is 0 Å². The van der Waals surface area contributed by atoms with Crippen molar-refractivity contribution in [2.24, 2.45) is 0 Å². The molecular formula is C30H44. The highest BCUT2D eigenvalue weighted by atomic mass is 14.1.